The lowest BCUT2D eigenvalue weighted by atomic mass is 10.1. The largest absolute Gasteiger partial charge is 0.384 e. The molecule has 31 heavy (non-hydrogen) atoms. The number of benzene rings is 3. The van der Waals surface area contributed by atoms with E-state index in [0.717, 1.165) is 28.6 Å². The van der Waals surface area contributed by atoms with E-state index in [4.69, 9.17) is 5.73 Å². The zero-order chi connectivity index (χ0) is 21.6. The summed E-state index contributed by atoms with van der Waals surface area (Å²) in [5.41, 5.74) is 10.6. The number of aliphatic imine (C=N–C) groups is 1. The van der Waals surface area contributed by atoms with Gasteiger partial charge in [0.2, 0.25) is 0 Å². The molecule has 156 valence electrons. The van der Waals surface area contributed by atoms with Crippen molar-refractivity contribution < 1.29 is 4.79 Å². The molecule has 4 N–H and O–H groups in total. The van der Waals surface area contributed by atoms with Crippen molar-refractivity contribution in [3.63, 3.8) is 0 Å². The first-order valence-electron chi connectivity index (χ1n) is 10.2. The number of nitrogens with two attached hydrogens (primary N) is 1. The Morgan fingerprint density at radius 1 is 0.935 bits per heavy atom. The van der Waals surface area contributed by atoms with Gasteiger partial charge in [0.1, 0.15) is 5.84 Å². The van der Waals surface area contributed by atoms with Crippen LogP contribution in [0.25, 0.3) is 10.9 Å². The molecule has 0 radical (unpaired) electrons. The first kappa shape index (κ1) is 20.2. The maximum absolute atomic E-state index is 12.4. The van der Waals surface area contributed by atoms with Crippen LogP contribution in [0.1, 0.15) is 11.1 Å². The summed E-state index contributed by atoms with van der Waals surface area (Å²) in [6.07, 6.45) is 2.82. The molecule has 0 aliphatic heterocycles. The minimum Gasteiger partial charge on any atom is -0.384 e. The lowest BCUT2D eigenvalue weighted by Gasteiger charge is -2.10. The van der Waals surface area contributed by atoms with Gasteiger partial charge in [-0.05, 0) is 48.4 Å². The minimum absolute atomic E-state index is 0.313. The number of carbonyl (C=O) groups excluding carboxylic acids is 1. The number of aromatic nitrogens is 1. The Hall–Kier alpha value is -4.06. The molecule has 6 heteroatoms. The number of rotatable bonds is 6. The van der Waals surface area contributed by atoms with Gasteiger partial charge in [-0.1, -0.05) is 42.5 Å². The molecule has 1 aromatic heterocycles. The van der Waals surface area contributed by atoms with Gasteiger partial charge < -0.3 is 20.9 Å². The summed E-state index contributed by atoms with van der Waals surface area (Å²) in [4.78, 5) is 16.9. The van der Waals surface area contributed by atoms with Crippen molar-refractivity contribution >= 4 is 34.1 Å². The standard InChI is InChI=1S/C25H25N5O/c1-30-15-13-19-16-22(10-11-23(19)30)29-25(31)28-21-9-5-8-20(17-21)24(26)27-14-12-18-6-3-2-4-7-18/h2-11,13,15-17H,12,14H2,1H3,(H2,26,27)(H2,28,29,31). The van der Waals surface area contributed by atoms with Gasteiger partial charge in [0.25, 0.3) is 0 Å². The molecule has 0 saturated carbocycles. The molecule has 4 rings (SSSR count). The molecule has 0 fully saturated rings. The van der Waals surface area contributed by atoms with Crippen LogP contribution < -0.4 is 16.4 Å². The van der Waals surface area contributed by atoms with Gasteiger partial charge in [0.05, 0.1) is 0 Å². The third-order valence-electron chi connectivity index (χ3n) is 5.08. The maximum atomic E-state index is 12.4. The number of aryl methyl sites for hydroxylation is 1. The number of anilines is 2. The van der Waals surface area contributed by atoms with Crippen LogP contribution in [-0.2, 0) is 13.5 Å². The first-order chi connectivity index (χ1) is 15.1. The predicted molar refractivity (Wildman–Crippen MR) is 128 cm³/mol. The molecule has 0 atom stereocenters. The van der Waals surface area contributed by atoms with Crippen LogP contribution in [0.15, 0.2) is 90.1 Å². The highest BCUT2D eigenvalue weighted by Crippen LogP contribution is 2.20. The smallest absolute Gasteiger partial charge is 0.323 e. The second-order valence-corrected chi connectivity index (χ2v) is 7.36. The summed E-state index contributed by atoms with van der Waals surface area (Å²) < 4.78 is 2.04. The van der Waals surface area contributed by atoms with Crippen LogP contribution in [0.5, 0.6) is 0 Å². The van der Waals surface area contributed by atoms with E-state index < -0.39 is 0 Å². The summed E-state index contributed by atoms with van der Waals surface area (Å²) in [6.45, 7) is 0.607. The van der Waals surface area contributed by atoms with E-state index in [1.165, 1.54) is 5.56 Å². The molecule has 3 aromatic carbocycles. The molecule has 0 unspecified atom stereocenters. The highest BCUT2D eigenvalue weighted by Gasteiger charge is 2.06. The second-order valence-electron chi connectivity index (χ2n) is 7.36. The molecule has 4 aromatic rings. The SMILES string of the molecule is Cn1ccc2cc(NC(=O)Nc3cccc(C(N)=NCCc4ccccc4)c3)ccc21. The number of fused-ring (bicyclic) bond motifs is 1. The minimum atomic E-state index is -0.313. The molecule has 6 nitrogen and oxygen atoms in total. The fourth-order valence-electron chi connectivity index (χ4n) is 3.45. The summed E-state index contributed by atoms with van der Waals surface area (Å²) in [6, 6.07) is 25.1. The van der Waals surface area contributed by atoms with Crippen LogP contribution in [0.4, 0.5) is 16.2 Å². The van der Waals surface area contributed by atoms with Gasteiger partial charge in [0.15, 0.2) is 0 Å². The average Bonchev–Trinajstić information content (AvgIpc) is 3.14. The van der Waals surface area contributed by atoms with Crippen LogP contribution in [-0.4, -0.2) is 23.0 Å². The van der Waals surface area contributed by atoms with Crippen LogP contribution >= 0.6 is 0 Å². The van der Waals surface area contributed by atoms with Gasteiger partial charge in [-0.2, -0.15) is 0 Å². The number of nitrogens with one attached hydrogen (secondary N) is 2. The van der Waals surface area contributed by atoms with Crippen molar-refractivity contribution in [2.75, 3.05) is 17.2 Å². The lowest BCUT2D eigenvalue weighted by Crippen LogP contribution is -2.20. The topological polar surface area (TPSA) is 84.4 Å². The number of hydrogen-bond acceptors (Lipinski definition) is 2. The fourth-order valence-corrected chi connectivity index (χ4v) is 3.45. The highest BCUT2D eigenvalue weighted by atomic mass is 16.2. The average molecular weight is 412 g/mol. The number of carbonyl (C=O) groups is 1. The monoisotopic (exact) mass is 411 g/mol. The molecule has 0 aliphatic rings. The van der Waals surface area contributed by atoms with E-state index in [0.29, 0.717) is 18.1 Å². The van der Waals surface area contributed by atoms with E-state index in [1.54, 1.807) is 0 Å². The van der Waals surface area contributed by atoms with Gasteiger partial charge in [-0.15, -0.1) is 0 Å². The van der Waals surface area contributed by atoms with Crippen LogP contribution in [0.2, 0.25) is 0 Å². The van der Waals surface area contributed by atoms with E-state index in [9.17, 15) is 4.79 Å². The van der Waals surface area contributed by atoms with E-state index in [1.807, 2.05) is 84.5 Å². The normalized spacial score (nSPS) is 11.5. The Bertz CT molecular complexity index is 1230. The highest BCUT2D eigenvalue weighted by molar-refractivity contribution is 6.03. The number of nitrogens with zero attached hydrogens (tertiary/aromatic N) is 2. The number of amides is 2. The van der Waals surface area contributed by atoms with Gasteiger partial charge in [0, 0.05) is 47.6 Å². The van der Waals surface area contributed by atoms with Crippen molar-refractivity contribution in [1.82, 2.24) is 4.57 Å². The summed E-state index contributed by atoms with van der Waals surface area (Å²) in [5, 5.41) is 6.80. The van der Waals surface area contributed by atoms with Crippen molar-refractivity contribution in [3.05, 3.63) is 96.2 Å². The van der Waals surface area contributed by atoms with Crippen LogP contribution in [0, 0.1) is 0 Å². The molecule has 0 aliphatic carbocycles. The molecule has 0 bridgehead atoms. The Morgan fingerprint density at radius 2 is 1.71 bits per heavy atom. The van der Waals surface area contributed by atoms with Crippen LogP contribution in [0.3, 0.4) is 0 Å². The lowest BCUT2D eigenvalue weighted by molar-refractivity contribution is 0.262. The van der Waals surface area contributed by atoms with Crippen molar-refractivity contribution in [1.29, 1.82) is 0 Å². The number of urea groups is 1. The Balaban J connectivity index is 1.37. The van der Waals surface area contributed by atoms with Gasteiger partial charge >= 0.3 is 6.03 Å². The third-order valence-corrected chi connectivity index (χ3v) is 5.08. The Labute approximate surface area is 181 Å². The first-order valence-corrected chi connectivity index (χ1v) is 10.2. The third kappa shape index (κ3) is 5.11. The molecular formula is C25H25N5O. The Morgan fingerprint density at radius 3 is 2.52 bits per heavy atom. The molecule has 2 amide bonds. The van der Waals surface area contributed by atoms with Gasteiger partial charge in [-0.25, -0.2) is 4.79 Å². The number of hydrogen-bond donors (Lipinski definition) is 3. The summed E-state index contributed by atoms with van der Waals surface area (Å²) in [7, 11) is 1.99. The molecular weight excluding hydrogens is 386 g/mol. The predicted octanol–water partition coefficient (Wildman–Crippen LogP) is 4.77. The van der Waals surface area contributed by atoms with Crippen molar-refractivity contribution in [3.8, 4) is 0 Å². The molecule has 1 heterocycles. The fraction of sp³-hybridized carbons (Fsp3) is 0.120. The molecule has 0 spiro atoms. The maximum Gasteiger partial charge on any atom is 0.323 e. The molecule has 0 saturated heterocycles. The van der Waals surface area contributed by atoms with E-state index in [-0.39, 0.29) is 6.03 Å². The quantitative estimate of drug-likeness (QED) is 0.315. The van der Waals surface area contributed by atoms with E-state index in [2.05, 4.69) is 27.8 Å². The summed E-state index contributed by atoms with van der Waals surface area (Å²) in [5.74, 6) is 0.453. The van der Waals surface area contributed by atoms with E-state index >= 15 is 0 Å². The van der Waals surface area contributed by atoms with Crippen molar-refractivity contribution in [2.24, 2.45) is 17.8 Å². The number of amidine groups is 1. The Kier molecular flexibility index (Phi) is 5.98. The zero-order valence-electron chi connectivity index (χ0n) is 17.4. The zero-order valence-corrected chi connectivity index (χ0v) is 17.4. The summed E-state index contributed by atoms with van der Waals surface area (Å²) >= 11 is 0. The second kappa shape index (κ2) is 9.17. The van der Waals surface area contributed by atoms with Crippen molar-refractivity contribution in [2.45, 2.75) is 6.42 Å². The van der Waals surface area contributed by atoms with Gasteiger partial charge in [-0.3, -0.25) is 4.99 Å².